The maximum Gasteiger partial charge on any atom is 0.157 e. The van der Waals surface area contributed by atoms with Crippen LogP contribution in [0.15, 0.2) is 12.4 Å². The number of nitrogens with zero attached hydrogens (tertiary/aromatic N) is 3. The number of rotatable bonds is 3. The number of hydrogen-bond acceptors (Lipinski definition) is 4. The topological polar surface area (TPSA) is 68.0 Å². The Hall–Kier alpha value is -1.23. The van der Waals surface area contributed by atoms with Crippen molar-refractivity contribution in [3.05, 3.63) is 12.4 Å². The fourth-order valence-corrected chi connectivity index (χ4v) is 8.80. The molecule has 6 rings (SSSR count). The fraction of sp³-hybridized carbons (Fsp3) is 0.870. The Bertz CT molecular complexity index is 779. The van der Waals surface area contributed by atoms with Crippen molar-refractivity contribution in [1.29, 1.82) is 0 Å². The minimum absolute atomic E-state index is 0.181. The molecule has 152 valence electrons. The lowest BCUT2D eigenvalue weighted by Gasteiger charge is -2.56. The van der Waals surface area contributed by atoms with Crippen LogP contribution in [-0.2, 0) is 11.3 Å². The van der Waals surface area contributed by atoms with Crippen molar-refractivity contribution >= 4 is 5.78 Å². The Morgan fingerprint density at radius 1 is 1.04 bits per heavy atom. The summed E-state index contributed by atoms with van der Waals surface area (Å²) in [5.74, 6) is 5.19. The van der Waals surface area contributed by atoms with Crippen LogP contribution in [0.1, 0.15) is 64.7 Å². The molecule has 1 N–H and O–H groups in total. The summed E-state index contributed by atoms with van der Waals surface area (Å²) in [5.41, 5.74) is -0.0932. The van der Waals surface area contributed by atoms with Crippen molar-refractivity contribution in [2.45, 2.75) is 76.9 Å². The summed E-state index contributed by atoms with van der Waals surface area (Å²) in [6.07, 6.45) is 14.3. The lowest BCUT2D eigenvalue weighted by Crippen LogP contribution is -2.50. The second-order valence-electron chi connectivity index (χ2n) is 11.0. The lowest BCUT2D eigenvalue weighted by atomic mass is 9.49. The molecule has 9 atom stereocenters. The second kappa shape index (κ2) is 5.90. The standard InChI is InChI=1S/C23H33N3O2/c1-22-8-6-14-15-7-9-23(28)12-20(23)17(15)3-2-16(14)18(22)4-5-19(22)21(27)13-26-11-10-24-25-26/h10-11,14-20,28H,2-9,12-13H2,1H3/t14-,15-,16-,17+,18+,19-,20?,22+,23+/m1/s1. The molecule has 0 bridgehead atoms. The van der Waals surface area contributed by atoms with Gasteiger partial charge in [-0.3, -0.25) is 4.79 Å². The minimum atomic E-state index is -0.274. The zero-order valence-corrected chi connectivity index (χ0v) is 17.0. The molecule has 5 aliphatic rings. The van der Waals surface area contributed by atoms with Gasteiger partial charge in [0.05, 0.1) is 11.8 Å². The molecule has 0 aromatic carbocycles. The second-order valence-corrected chi connectivity index (χ2v) is 11.0. The van der Waals surface area contributed by atoms with Crippen LogP contribution in [0.2, 0.25) is 0 Å². The highest BCUT2D eigenvalue weighted by molar-refractivity contribution is 5.82. The van der Waals surface area contributed by atoms with E-state index in [2.05, 4.69) is 17.2 Å². The van der Waals surface area contributed by atoms with E-state index in [1.807, 2.05) is 0 Å². The first kappa shape index (κ1) is 17.6. The molecule has 5 heteroatoms. The molecule has 5 fully saturated rings. The Kier molecular flexibility index (Phi) is 3.71. The molecule has 1 unspecified atom stereocenters. The zero-order valence-electron chi connectivity index (χ0n) is 17.0. The molecule has 0 spiro atoms. The largest absolute Gasteiger partial charge is 0.390 e. The Labute approximate surface area is 167 Å². The first-order valence-electron chi connectivity index (χ1n) is 11.6. The first-order chi connectivity index (χ1) is 13.5. The van der Waals surface area contributed by atoms with Crippen LogP contribution in [0.3, 0.4) is 0 Å². The van der Waals surface area contributed by atoms with Crippen molar-refractivity contribution in [1.82, 2.24) is 15.0 Å². The van der Waals surface area contributed by atoms with Gasteiger partial charge in [-0.2, -0.15) is 0 Å². The van der Waals surface area contributed by atoms with E-state index in [9.17, 15) is 9.90 Å². The monoisotopic (exact) mass is 383 g/mol. The van der Waals surface area contributed by atoms with Crippen molar-refractivity contribution in [2.75, 3.05) is 0 Å². The third-order valence-electron chi connectivity index (χ3n) is 10.1. The van der Waals surface area contributed by atoms with Crippen molar-refractivity contribution in [3.8, 4) is 0 Å². The van der Waals surface area contributed by atoms with Gasteiger partial charge in [0.2, 0.25) is 0 Å². The van der Waals surface area contributed by atoms with Gasteiger partial charge < -0.3 is 5.11 Å². The summed E-state index contributed by atoms with van der Waals surface area (Å²) in [6.45, 7) is 2.81. The van der Waals surface area contributed by atoms with Gasteiger partial charge in [-0.25, -0.2) is 4.68 Å². The zero-order chi connectivity index (χ0) is 19.1. The van der Waals surface area contributed by atoms with Gasteiger partial charge in [-0.15, -0.1) is 5.10 Å². The molecular formula is C23H33N3O2. The third kappa shape index (κ3) is 2.37. The summed E-state index contributed by atoms with van der Waals surface area (Å²) in [7, 11) is 0. The summed E-state index contributed by atoms with van der Waals surface area (Å²) >= 11 is 0. The number of carbonyl (C=O) groups is 1. The molecule has 0 amide bonds. The van der Waals surface area contributed by atoms with Gasteiger partial charge in [0.15, 0.2) is 5.78 Å². The molecular weight excluding hydrogens is 350 g/mol. The van der Waals surface area contributed by atoms with E-state index < -0.39 is 0 Å². The number of carbonyl (C=O) groups excluding carboxylic acids is 1. The van der Waals surface area contributed by atoms with E-state index >= 15 is 0 Å². The first-order valence-corrected chi connectivity index (χ1v) is 11.6. The van der Waals surface area contributed by atoms with Crippen LogP contribution in [-0.4, -0.2) is 31.5 Å². The summed E-state index contributed by atoms with van der Waals surface area (Å²) < 4.78 is 1.69. The van der Waals surface area contributed by atoms with Crippen LogP contribution in [0, 0.1) is 46.8 Å². The van der Waals surface area contributed by atoms with E-state index in [0.717, 1.165) is 48.9 Å². The highest BCUT2D eigenvalue weighted by Crippen LogP contribution is 2.68. The molecule has 0 aliphatic heterocycles. The van der Waals surface area contributed by atoms with E-state index in [1.165, 1.54) is 38.5 Å². The number of fused-ring (bicyclic) bond motifs is 7. The SMILES string of the molecule is C[C@]12CC[C@@H]3[C@H]4CC[C@]5(O)CC5[C@H]4CC[C@H]3[C@@H]1CC[C@@H]2C(=O)Cn1ccnn1. The third-order valence-corrected chi connectivity index (χ3v) is 10.1. The van der Waals surface area contributed by atoms with Gasteiger partial charge >= 0.3 is 0 Å². The predicted molar refractivity (Wildman–Crippen MR) is 104 cm³/mol. The number of ketones is 1. The molecule has 0 radical (unpaired) electrons. The highest BCUT2D eigenvalue weighted by Gasteiger charge is 2.65. The summed E-state index contributed by atoms with van der Waals surface area (Å²) in [6, 6.07) is 0. The molecule has 1 heterocycles. The average Bonchev–Trinajstić information content (AvgIpc) is 3.00. The Balaban J connectivity index is 1.21. The van der Waals surface area contributed by atoms with Gasteiger partial charge in [0, 0.05) is 12.1 Å². The summed E-state index contributed by atoms with van der Waals surface area (Å²) in [4.78, 5) is 13.1. The Morgan fingerprint density at radius 3 is 2.54 bits per heavy atom. The smallest absolute Gasteiger partial charge is 0.157 e. The molecule has 5 saturated carbocycles. The maximum absolute atomic E-state index is 13.1. The van der Waals surface area contributed by atoms with Crippen molar-refractivity contribution in [3.63, 3.8) is 0 Å². The number of aromatic nitrogens is 3. The Morgan fingerprint density at radius 2 is 1.79 bits per heavy atom. The van der Waals surface area contributed by atoms with Gasteiger partial charge in [0.1, 0.15) is 6.54 Å². The number of hydrogen-bond donors (Lipinski definition) is 1. The maximum atomic E-state index is 13.1. The normalized spacial score (nSPS) is 51.6. The number of aliphatic hydroxyl groups is 1. The average molecular weight is 384 g/mol. The van der Waals surface area contributed by atoms with E-state index in [-0.39, 0.29) is 16.9 Å². The lowest BCUT2D eigenvalue weighted by molar-refractivity contribution is -0.131. The van der Waals surface area contributed by atoms with Gasteiger partial charge in [0.25, 0.3) is 0 Å². The predicted octanol–water partition coefficient (Wildman–Crippen LogP) is 3.48. The van der Waals surface area contributed by atoms with Crippen molar-refractivity contribution in [2.24, 2.45) is 46.8 Å². The van der Waals surface area contributed by atoms with Crippen LogP contribution in [0.5, 0.6) is 0 Å². The van der Waals surface area contributed by atoms with Gasteiger partial charge in [-0.1, -0.05) is 12.1 Å². The molecule has 5 aliphatic carbocycles. The molecule has 28 heavy (non-hydrogen) atoms. The fourth-order valence-electron chi connectivity index (χ4n) is 8.80. The van der Waals surface area contributed by atoms with E-state index in [1.54, 1.807) is 17.1 Å². The van der Waals surface area contributed by atoms with Crippen LogP contribution in [0.4, 0.5) is 0 Å². The molecule has 0 saturated heterocycles. The van der Waals surface area contributed by atoms with Crippen molar-refractivity contribution < 1.29 is 9.90 Å². The van der Waals surface area contributed by atoms with Gasteiger partial charge in [-0.05, 0) is 98.7 Å². The van der Waals surface area contributed by atoms with Crippen LogP contribution in [0.25, 0.3) is 0 Å². The minimum Gasteiger partial charge on any atom is -0.390 e. The molecule has 1 aromatic heterocycles. The van der Waals surface area contributed by atoms with E-state index in [4.69, 9.17) is 0 Å². The molecule has 1 aromatic rings. The van der Waals surface area contributed by atoms with Crippen LogP contribution < -0.4 is 0 Å². The van der Waals surface area contributed by atoms with E-state index in [0.29, 0.717) is 18.2 Å². The quantitative estimate of drug-likeness (QED) is 0.868. The summed E-state index contributed by atoms with van der Waals surface area (Å²) in [5, 5.41) is 18.5. The molecule has 5 nitrogen and oxygen atoms in total. The number of Topliss-reactive ketones (excluding diaryl/α,β-unsaturated/α-hetero) is 1. The van der Waals surface area contributed by atoms with Crippen LogP contribution >= 0.6 is 0 Å². The highest BCUT2D eigenvalue weighted by atomic mass is 16.3.